The Bertz CT molecular complexity index is 333. The molecule has 0 fully saturated rings. The number of aryl methyl sites for hydroxylation is 1. The Labute approximate surface area is 70.6 Å². The van der Waals surface area contributed by atoms with E-state index in [1.807, 2.05) is 16.8 Å². The van der Waals surface area contributed by atoms with E-state index in [1.54, 1.807) is 0 Å². The van der Waals surface area contributed by atoms with E-state index < -0.39 is 0 Å². The highest BCUT2D eigenvalue weighted by molar-refractivity contribution is 5.23. The Morgan fingerprint density at radius 1 is 1.75 bits per heavy atom. The molecular weight excluding hydrogens is 152 g/mol. The summed E-state index contributed by atoms with van der Waals surface area (Å²) in [6, 6.07) is 4.06. The van der Waals surface area contributed by atoms with Crippen molar-refractivity contribution in [3.63, 3.8) is 0 Å². The molecule has 1 aliphatic rings. The van der Waals surface area contributed by atoms with Gasteiger partial charge in [0.25, 0.3) is 0 Å². The number of nitrogens with two attached hydrogens (primary N) is 1. The van der Waals surface area contributed by atoms with Gasteiger partial charge in [-0.1, -0.05) is 0 Å². The second kappa shape index (κ2) is 2.61. The van der Waals surface area contributed by atoms with Crippen LogP contribution in [0.15, 0.2) is 6.07 Å². The number of nitrogens with zero attached hydrogens (tertiary/aromatic N) is 3. The Kier molecular flexibility index (Phi) is 1.59. The van der Waals surface area contributed by atoms with E-state index in [-0.39, 0.29) is 6.04 Å². The average molecular weight is 162 g/mol. The van der Waals surface area contributed by atoms with Gasteiger partial charge in [0, 0.05) is 11.7 Å². The van der Waals surface area contributed by atoms with Crippen LogP contribution >= 0.6 is 0 Å². The quantitative estimate of drug-likeness (QED) is 0.585. The first kappa shape index (κ1) is 7.32. The molecule has 0 unspecified atom stereocenters. The molecule has 2 heterocycles. The summed E-state index contributed by atoms with van der Waals surface area (Å²) >= 11 is 0. The molecule has 1 aromatic rings. The van der Waals surface area contributed by atoms with E-state index in [0.717, 1.165) is 25.1 Å². The van der Waals surface area contributed by atoms with Gasteiger partial charge >= 0.3 is 0 Å². The van der Waals surface area contributed by atoms with E-state index in [4.69, 9.17) is 11.0 Å². The third kappa shape index (κ3) is 1.08. The molecule has 0 bridgehead atoms. The molecule has 0 spiro atoms. The van der Waals surface area contributed by atoms with Gasteiger partial charge in [0.05, 0.1) is 6.54 Å². The van der Waals surface area contributed by atoms with Crippen LogP contribution < -0.4 is 5.73 Å². The Morgan fingerprint density at radius 3 is 3.33 bits per heavy atom. The highest BCUT2D eigenvalue weighted by Gasteiger charge is 2.16. The summed E-state index contributed by atoms with van der Waals surface area (Å²) in [5.41, 5.74) is 7.39. The maximum absolute atomic E-state index is 8.60. The third-order valence-electron chi connectivity index (χ3n) is 2.16. The second-order valence-corrected chi connectivity index (χ2v) is 3.11. The maximum Gasteiger partial charge on any atom is 0.162 e. The van der Waals surface area contributed by atoms with Gasteiger partial charge in [0.1, 0.15) is 6.07 Å². The van der Waals surface area contributed by atoms with Crippen LogP contribution in [0.5, 0.6) is 0 Å². The van der Waals surface area contributed by atoms with Crippen molar-refractivity contribution >= 4 is 0 Å². The first-order chi connectivity index (χ1) is 5.79. The zero-order valence-corrected chi connectivity index (χ0v) is 6.70. The molecule has 4 heteroatoms. The summed E-state index contributed by atoms with van der Waals surface area (Å²) in [6.45, 7) is 0.747. The standard InChI is InChI=1S/C8H10N4/c9-4-7-3-8-2-1-6(10)5-12(8)11-7/h3,6H,1-2,5,10H2/t6-/m1/s1. The highest BCUT2D eigenvalue weighted by atomic mass is 15.3. The van der Waals surface area contributed by atoms with E-state index in [2.05, 4.69) is 5.10 Å². The van der Waals surface area contributed by atoms with Crippen molar-refractivity contribution in [3.8, 4) is 6.07 Å². The fourth-order valence-electron chi connectivity index (χ4n) is 1.52. The molecule has 62 valence electrons. The number of hydrogen-bond acceptors (Lipinski definition) is 3. The third-order valence-corrected chi connectivity index (χ3v) is 2.16. The highest BCUT2D eigenvalue weighted by Crippen LogP contribution is 2.13. The SMILES string of the molecule is N#Cc1cc2n(n1)C[C@H](N)CC2. The number of nitriles is 1. The van der Waals surface area contributed by atoms with E-state index in [9.17, 15) is 0 Å². The topological polar surface area (TPSA) is 67.6 Å². The predicted octanol–water partition coefficient (Wildman–Crippen LogP) is 0.0283. The fraction of sp³-hybridized carbons (Fsp3) is 0.500. The molecule has 0 saturated carbocycles. The predicted molar refractivity (Wildman–Crippen MR) is 43.2 cm³/mol. The van der Waals surface area contributed by atoms with Crippen molar-refractivity contribution in [2.45, 2.75) is 25.4 Å². The van der Waals surface area contributed by atoms with Crippen molar-refractivity contribution in [2.24, 2.45) is 5.73 Å². The lowest BCUT2D eigenvalue weighted by Crippen LogP contribution is -2.32. The van der Waals surface area contributed by atoms with Gasteiger partial charge in [-0.05, 0) is 18.9 Å². The van der Waals surface area contributed by atoms with Crippen molar-refractivity contribution < 1.29 is 0 Å². The van der Waals surface area contributed by atoms with Crippen molar-refractivity contribution in [2.75, 3.05) is 0 Å². The molecule has 0 saturated heterocycles. The average Bonchev–Trinajstić information content (AvgIpc) is 2.46. The minimum atomic E-state index is 0.198. The number of fused-ring (bicyclic) bond motifs is 1. The molecule has 0 aromatic carbocycles. The lowest BCUT2D eigenvalue weighted by molar-refractivity contribution is 0.426. The van der Waals surface area contributed by atoms with Gasteiger partial charge in [-0.3, -0.25) is 4.68 Å². The van der Waals surface area contributed by atoms with Gasteiger partial charge in [0.2, 0.25) is 0 Å². The first-order valence-corrected chi connectivity index (χ1v) is 4.02. The largest absolute Gasteiger partial charge is 0.326 e. The van der Waals surface area contributed by atoms with E-state index in [0.29, 0.717) is 5.69 Å². The molecular formula is C8H10N4. The molecule has 0 radical (unpaired) electrons. The van der Waals surface area contributed by atoms with Crippen LogP contribution in [0.1, 0.15) is 17.8 Å². The van der Waals surface area contributed by atoms with Gasteiger partial charge < -0.3 is 5.73 Å². The summed E-state index contributed by atoms with van der Waals surface area (Å²) in [5, 5.41) is 12.7. The molecule has 1 atom stereocenters. The zero-order chi connectivity index (χ0) is 8.55. The molecule has 2 N–H and O–H groups in total. The smallest absolute Gasteiger partial charge is 0.162 e. The Balaban J connectivity index is 2.36. The van der Waals surface area contributed by atoms with Crippen LogP contribution in [-0.2, 0) is 13.0 Å². The number of hydrogen-bond donors (Lipinski definition) is 1. The van der Waals surface area contributed by atoms with Crippen LogP contribution in [0.25, 0.3) is 0 Å². The van der Waals surface area contributed by atoms with Gasteiger partial charge in [-0.2, -0.15) is 10.4 Å². The minimum absolute atomic E-state index is 0.198. The molecule has 4 nitrogen and oxygen atoms in total. The van der Waals surface area contributed by atoms with E-state index in [1.165, 1.54) is 0 Å². The summed E-state index contributed by atoms with van der Waals surface area (Å²) in [5.74, 6) is 0. The van der Waals surface area contributed by atoms with Crippen molar-refractivity contribution in [1.29, 1.82) is 5.26 Å². The van der Waals surface area contributed by atoms with Crippen LogP contribution in [0.4, 0.5) is 0 Å². The molecule has 2 rings (SSSR count). The van der Waals surface area contributed by atoms with Crippen LogP contribution in [0.2, 0.25) is 0 Å². The summed E-state index contributed by atoms with van der Waals surface area (Å²) in [7, 11) is 0. The molecule has 0 amide bonds. The van der Waals surface area contributed by atoms with Gasteiger partial charge in [-0.25, -0.2) is 0 Å². The summed E-state index contributed by atoms with van der Waals surface area (Å²) in [4.78, 5) is 0. The molecule has 0 aliphatic carbocycles. The normalized spacial score (nSPS) is 21.5. The Morgan fingerprint density at radius 2 is 2.58 bits per heavy atom. The minimum Gasteiger partial charge on any atom is -0.326 e. The lowest BCUT2D eigenvalue weighted by atomic mass is 10.1. The number of aromatic nitrogens is 2. The van der Waals surface area contributed by atoms with Crippen molar-refractivity contribution in [1.82, 2.24) is 9.78 Å². The first-order valence-electron chi connectivity index (χ1n) is 4.02. The van der Waals surface area contributed by atoms with Crippen molar-refractivity contribution in [3.05, 3.63) is 17.5 Å². The summed E-state index contributed by atoms with van der Waals surface area (Å²) in [6.07, 6.45) is 1.94. The molecule has 12 heavy (non-hydrogen) atoms. The second-order valence-electron chi connectivity index (χ2n) is 3.11. The number of rotatable bonds is 0. The van der Waals surface area contributed by atoms with E-state index >= 15 is 0 Å². The maximum atomic E-state index is 8.60. The monoisotopic (exact) mass is 162 g/mol. The lowest BCUT2D eigenvalue weighted by Gasteiger charge is -2.19. The molecule has 1 aromatic heterocycles. The van der Waals surface area contributed by atoms with Crippen LogP contribution in [0, 0.1) is 11.3 Å². The van der Waals surface area contributed by atoms with Gasteiger partial charge in [-0.15, -0.1) is 0 Å². The Hall–Kier alpha value is -1.34. The molecule has 1 aliphatic heterocycles. The van der Waals surface area contributed by atoms with Crippen LogP contribution in [-0.4, -0.2) is 15.8 Å². The summed E-state index contributed by atoms with van der Waals surface area (Å²) < 4.78 is 1.84. The van der Waals surface area contributed by atoms with Crippen LogP contribution in [0.3, 0.4) is 0 Å². The van der Waals surface area contributed by atoms with Gasteiger partial charge in [0.15, 0.2) is 5.69 Å². The fourth-order valence-corrected chi connectivity index (χ4v) is 1.52. The zero-order valence-electron chi connectivity index (χ0n) is 6.70.